The molecule has 2 aromatic rings. The van der Waals surface area contributed by atoms with Crippen molar-refractivity contribution in [2.75, 3.05) is 18.8 Å². The number of nitrogen functional groups attached to an aromatic ring is 1. The van der Waals surface area contributed by atoms with Gasteiger partial charge in [-0.2, -0.15) is 0 Å². The summed E-state index contributed by atoms with van der Waals surface area (Å²) in [6.45, 7) is 5.06. The molecule has 0 saturated heterocycles. The predicted molar refractivity (Wildman–Crippen MR) is 76.3 cm³/mol. The molecule has 0 saturated carbocycles. The number of fused-ring (bicyclic) bond motifs is 1. The first-order valence-corrected chi connectivity index (χ1v) is 6.87. The van der Waals surface area contributed by atoms with Crippen LogP contribution in [0.25, 0.3) is 10.2 Å². The van der Waals surface area contributed by atoms with E-state index in [0.29, 0.717) is 29.6 Å². The second-order valence-electron chi connectivity index (χ2n) is 4.57. The van der Waals surface area contributed by atoms with Crippen LogP contribution in [0.4, 0.5) is 5.82 Å². The first-order valence-electron chi connectivity index (χ1n) is 6.05. The average Bonchev–Trinajstić information content (AvgIpc) is 2.96. The van der Waals surface area contributed by atoms with Gasteiger partial charge in [0, 0.05) is 13.1 Å². The molecule has 2 aromatic heterocycles. The smallest absolute Gasteiger partial charge is 0.264 e. The van der Waals surface area contributed by atoms with Crippen molar-refractivity contribution in [2.24, 2.45) is 0 Å². The molecular weight excluding hydrogens is 260 g/mol. The van der Waals surface area contributed by atoms with Gasteiger partial charge in [0.2, 0.25) is 0 Å². The minimum Gasteiger partial charge on any atom is -0.383 e. The van der Waals surface area contributed by atoms with E-state index in [9.17, 15) is 4.79 Å². The van der Waals surface area contributed by atoms with Crippen molar-refractivity contribution in [3.8, 4) is 0 Å². The molecule has 0 fully saturated rings. The number of amides is 1. The molecular formula is C13H14N4OS. The van der Waals surface area contributed by atoms with E-state index in [1.165, 1.54) is 11.3 Å². The number of carbonyl (C=O) groups is 1. The second-order valence-corrected chi connectivity index (χ2v) is 5.57. The summed E-state index contributed by atoms with van der Waals surface area (Å²) in [5.74, 6) is 1.13. The summed E-state index contributed by atoms with van der Waals surface area (Å²) in [6, 6.07) is 0. The highest BCUT2D eigenvalue weighted by Gasteiger charge is 2.23. The zero-order valence-corrected chi connectivity index (χ0v) is 11.6. The summed E-state index contributed by atoms with van der Waals surface area (Å²) in [5, 5.41) is 0.811. The van der Waals surface area contributed by atoms with Crippen LogP contribution in [0.1, 0.15) is 21.1 Å². The Morgan fingerprint density at radius 1 is 1.32 bits per heavy atom. The average molecular weight is 274 g/mol. The molecule has 0 aromatic carbocycles. The number of hydrogen-bond donors (Lipinski definition) is 1. The topological polar surface area (TPSA) is 72.1 Å². The van der Waals surface area contributed by atoms with Crippen molar-refractivity contribution in [3.63, 3.8) is 0 Å². The van der Waals surface area contributed by atoms with E-state index in [2.05, 4.69) is 9.97 Å². The molecule has 3 heterocycles. The van der Waals surface area contributed by atoms with Crippen LogP contribution in [0.3, 0.4) is 0 Å². The van der Waals surface area contributed by atoms with Crippen LogP contribution >= 0.6 is 11.3 Å². The molecule has 1 aliphatic rings. The highest BCUT2D eigenvalue weighted by atomic mass is 32.1. The second kappa shape index (κ2) is 4.31. The van der Waals surface area contributed by atoms with Crippen LogP contribution in [0.2, 0.25) is 0 Å². The van der Waals surface area contributed by atoms with E-state index in [0.717, 1.165) is 15.8 Å². The largest absolute Gasteiger partial charge is 0.383 e. The number of thiophene rings is 1. The number of hydrogen-bond acceptors (Lipinski definition) is 5. The van der Waals surface area contributed by atoms with E-state index in [-0.39, 0.29) is 5.91 Å². The number of aryl methyl sites for hydroxylation is 2. The van der Waals surface area contributed by atoms with E-state index >= 15 is 0 Å². The molecule has 0 radical (unpaired) electrons. The Hall–Kier alpha value is -1.95. The van der Waals surface area contributed by atoms with Crippen LogP contribution < -0.4 is 5.73 Å². The van der Waals surface area contributed by atoms with Gasteiger partial charge in [0.15, 0.2) is 0 Å². The minimum absolute atomic E-state index is 0.0440. The van der Waals surface area contributed by atoms with Crippen molar-refractivity contribution < 1.29 is 4.79 Å². The van der Waals surface area contributed by atoms with E-state index in [1.54, 1.807) is 11.8 Å². The van der Waals surface area contributed by atoms with Crippen molar-refractivity contribution in [2.45, 2.75) is 13.8 Å². The maximum absolute atomic E-state index is 12.4. The van der Waals surface area contributed by atoms with Crippen molar-refractivity contribution >= 4 is 33.3 Å². The SMILES string of the molecule is Cc1nc(N)c2c(C)c(C(=O)N3CC=CC3)sc2n1. The molecule has 98 valence electrons. The zero-order chi connectivity index (χ0) is 13.6. The third-order valence-corrected chi connectivity index (χ3v) is 4.40. The van der Waals surface area contributed by atoms with Gasteiger partial charge in [0.25, 0.3) is 5.91 Å². The standard InChI is InChI=1S/C13H14N4OS/c1-7-9-11(14)15-8(2)16-12(9)19-10(7)13(18)17-5-3-4-6-17/h3-4H,5-6H2,1-2H3,(H2,14,15,16). The third-order valence-electron chi connectivity index (χ3n) is 3.23. The Labute approximate surface area is 114 Å². The molecule has 0 aliphatic carbocycles. The van der Waals surface area contributed by atoms with Crippen LogP contribution in [0.15, 0.2) is 12.2 Å². The van der Waals surface area contributed by atoms with Gasteiger partial charge in [0.05, 0.1) is 10.3 Å². The van der Waals surface area contributed by atoms with E-state index < -0.39 is 0 Å². The monoisotopic (exact) mass is 274 g/mol. The van der Waals surface area contributed by atoms with Crippen molar-refractivity contribution in [1.82, 2.24) is 14.9 Å². The number of anilines is 1. The fraction of sp³-hybridized carbons (Fsp3) is 0.308. The van der Waals surface area contributed by atoms with Crippen LogP contribution in [-0.2, 0) is 0 Å². The lowest BCUT2D eigenvalue weighted by molar-refractivity contribution is 0.0804. The molecule has 0 bridgehead atoms. The first kappa shape index (κ1) is 12.1. The lowest BCUT2D eigenvalue weighted by Gasteiger charge is -2.14. The number of rotatable bonds is 1. The van der Waals surface area contributed by atoms with Crippen molar-refractivity contribution in [3.05, 3.63) is 28.4 Å². The van der Waals surface area contributed by atoms with Gasteiger partial charge in [-0.1, -0.05) is 12.2 Å². The van der Waals surface area contributed by atoms with E-state index in [1.807, 2.05) is 19.1 Å². The number of carbonyl (C=O) groups excluding carboxylic acids is 1. The quantitative estimate of drug-likeness (QED) is 0.806. The Morgan fingerprint density at radius 2 is 2.00 bits per heavy atom. The molecule has 5 nitrogen and oxygen atoms in total. The van der Waals surface area contributed by atoms with Gasteiger partial charge < -0.3 is 10.6 Å². The van der Waals surface area contributed by atoms with Gasteiger partial charge in [0.1, 0.15) is 16.5 Å². The molecule has 1 aliphatic heterocycles. The Kier molecular flexibility index (Phi) is 2.74. The normalized spacial score (nSPS) is 14.5. The molecule has 0 atom stereocenters. The number of nitrogens with two attached hydrogens (primary N) is 1. The number of nitrogens with zero attached hydrogens (tertiary/aromatic N) is 3. The maximum atomic E-state index is 12.4. The molecule has 19 heavy (non-hydrogen) atoms. The highest BCUT2D eigenvalue weighted by Crippen LogP contribution is 2.33. The van der Waals surface area contributed by atoms with Gasteiger partial charge >= 0.3 is 0 Å². The zero-order valence-electron chi connectivity index (χ0n) is 10.8. The maximum Gasteiger partial charge on any atom is 0.264 e. The van der Waals surface area contributed by atoms with Gasteiger partial charge in [-0.3, -0.25) is 4.79 Å². The Morgan fingerprint density at radius 3 is 2.68 bits per heavy atom. The van der Waals surface area contributed by atoms with Gasteiger partial charge in [-0.15, -0.1) is 11.3 Å². The minimum atomic E-state index is 0.0440. The summed E-state index contributed by atoms with van der Waals surface area (Å²) < 4.78 is 0. The van der Waals surface area contributed by atoms with Gasteiger partial charge in [-0.25, -0.2) is 9.97 Å². The van der Waals surface area contributed by atoms with Crippen molar-refractivity contribution in [1.29, 1.82) is 0 Å². The summed E-state index contributed by atoms with van der Waals surface area (Å²) >= 11 is 1.40. The lowest BCUT2D eigenvalue weighted by Crippen LogP contribution is -2.27. The summed E-state index contributed by atoms with van der Waals surface area (Å²) in [5.41, 5.74) is 6.83. The van der Waals surface area contributed by atoms with Crippen LogP contribution in [-0.4, -0.2) is 33.9 Å². The summed E-state index contributed by atoms with van der Waals surface area (Å²) in [4.78, 5) is 24.3. The van der Waals surface area contributed by atoms with Crippen LogP contribution in [0, 0.1) is 13.8 Å². The molecule has 6 heteroatoms. The molecule has 0 spiro atoms. The first-order chi connectivity index (χ1) is 9.08. The third kappa shape index (κ3) is 1.88. The van der Waals surface area contributed by atoms with Crippen LogP contribution in [0.5, 0.6) is 0 Å². The molecule has 3 rings (SSSR count). The number of aromatic nitrogens is 2. The van der Waals surface area contributed by atoms with E-state index in [4.69, 9.17) is 5.73 Å². The molecule has 2 N–H and O–H groups in total. The summed E-state index contributed by atoms with van der Waals surface area (Å²) in [7, 11) is 0. The fourth-order valence-corrected chi connectivity index (χ4v) is 3.47. The van der Waals surface area contributed by atoms with Gasteiger partial charge in [-0.05, 0) is 19.4 Å². The molecule has 0 unspecified atom stereocenters. The predicted octanol–water partition coefficient (Wildman–Crippen LogP) is 1.90. The lowest BCUT2D eigenvalue weighted by atomic mass is 10.2. The Balaban J connectivity index is 2.12. The summed E-state index contributed by atoms with van der Waals surface area (Å²) in [6.07, 6.45) is 4.00. The highest BCUT2D eigenvalue weighted by molar-refractivity contribution is 7.20. The Bertz CT molecular complexity index is 696. The fourth-order valence-electron chi connectivity index (χ4n) is 2.27. The molecule has 1 amide bonds.